The molecular formula is C8H17NO7. The summed E-state index contributed by atoms with van der Waals surface area (Å²) in [6.45, 7) is -1.26. The molecule has 0 aliphatic carbocycles. The Hall–Kier alpha value is -0.770. The molecule has 0 aromatic rings. The minimum atomic E-state index is -1.96. The van der Waals surface area contributed by atoms with Crippen molar-refractivity contribution < 1.29 is 35.4 Å². The largest absolute Gasteiger partial charge is 0.395 e. The molecule has 0 spiro atoms. The van der Waals surface area contributed by atoms with Gasteiger partial charge in [0.2, 0.25) is 0 Å². The number of carbonyl (C=O) groups is 1. The smallest absolute Gasteiger partial charge is 0.251 e. The van der Waals surface area contributed by atoms with Gasteiger partial charge in [-0.05, 0) is 0 Å². The Morgan fingerprint density at radius 2 is 1.62 bits per heavy atom. The summed E-state index contributed by atoms with van der Waals surface area (Å²) in [7, 11) is 0. The number of hydrogen-bond acceptors (Lipinski definition) is 7. The normalized spacial score (nSPS) is 18.6. The maximum atomic E-state index is 11.1. The zero-order valence-corrected chi connectivity index (χ0v) is 8.52. The summed E-state index contributed by atoms with van der Waals surface area (Å²) >= 11 is 0. The van der Waals surface area contributed by atoms with Crippen molar-refractivity contribution in [2.75, 3.05) is 19.8 Å². The van der Waals surface area contributed by atoms with Crippen LogP contribution in [0.15, 0.2) is 0 Å². The zero-order valence-electron chi connectivity index (χ0n) is 8.52. The number of rotatable bonds is 7. The first-order valence-electron chi connectivity index (χ1n) is 4.67. The molecule has 0 unspecified atom stereocenters. The molecule has 96 valence electrons. The molecule has 0 fully saturated rings. The Morgan fingerprint density at radius 1 is 1.06 bits per heavy atom. The Balaban J connectivity index is 4.25. The SMILES string of the molecule is O=C(NCCO)[C@H](O)[C@@H](O)[C@H](O)[C@H](O)CO. The van der Waals surface area contributed by atoms with Crippen LogP contribution in [0.2, 0.25) is 0 Å². The van der Waals surface area contributed by atoms with Gasteiger partial charge in [0.15, 0.2) is 6.10 Å². The Labute approximate surface area is 91.8 Å². The third-order valence-electron chi connectivity index (χ3n) is 1.93. The van der Waals surface area contributed by atoms with Crippen LogP contribution in [-0.2, 0) is 4.79 Å². The number of aliphatic hydroxyl groups is 6. The summed E-state index contributed by atoms with van der Waals surface area (Å²) in [4.78, 5) is 11.1. The van der Waals surface area contributed by atoms with Crippen LogP contribution in [-0.4, -0.2) is 80.7 Å². The van der Waals surface area contributed by atoms with E-state index in [1.165, 1.54) is 0 Å². The maximum Gasteiger partial charge on any atom is 0.251 e. The van der Waals surface area contributed by atoms with Gasteiger partial charge in [0.25, 0.3) is 5.91 Å². The number of nitrogens with one attached hydrogen (secondary N) is 1. The highest BCUT2D eigenvalue weighted by Gasteiger charge is 2.33. The zero-order chi connectivity index (χ0) is 12.7. The van der Waals surface area contributed by atoms with Gasteiger partial charge in [-0.15, -0.1) is 0 Å². The summed E-state index contributed by atoms with van der Waals surface area (Å²) in [6.07, 6.45) is -7.39. The second-order valence-electron chi connectivity index (χ2n) is 3.19. The third kappa shape index (κ3) is 4.39. The lowest BCUT2D eigenvalue weighted by molar-refractivity contribution is -0.149. The van der Waals surface area contributed by atoms with Gasteiger partial charge in [0, 0.05) is 6.54 Å². The predicted molar refractivity (Wildman–Crippen MR) is 51.2 cm³/mol. The average Bonchev–Trinajstić information content (AvgIpc) is 2.31. The third-order valence-corrected chi connectivity index (χ3v) is 1.93. The van der Waals surface area contributed by atoms with E-state index in [9.17, 15) is 20.1 Å². The molecule has 4 atom stereocenters. The molecule has 1 amide bonds. The number of carbonyl (C=O) groups excluding carboxylic acids is 1. The second kappa shape index (κ2) is 7.49. The molecule has 7 N–H and O–H groups in total. The lowest BCUT2D eigenvalue weighted by Gasteiger charge is -2.24. The molecule has 16 heavy (non-hydrogen) atoms. The lowest BCUT2D eigenvalue weighted by Crippen LogP contribution is -2.51. The Kier molecular flexibility index (Phi) is 7.13. The highest BCUT2D eigenvalue weighted by molar-refractivity contribution is 5.81. The Morgan fingerprint density at radius 3 is 2.06 bits per heavy atom. The minimum Gasteiger partial charge on any atom is -0.395 e. The van der Waals surface area contributed by atoms with E-state index in [0.717, 1.165) is 0 Å². The molecule has 0 radical (unpaired) electrons. The van der Waals surface area contributed by atoms with Gasteiger partial charge in [-0.25, -0.2) is 0 Å². The van der Waals surface area contributed by atoms with E-state index in [-0.39, 0.29) is 13.2 Å². The number of aliphatic hydroxyl groups excluding tert-OH is 6. The van der Waals surface area contributed by atoms with Crippen molar-refractivity contribution in [1.29, 1.82) is 0 Å². The maximum absolute atomic E-state index is 11.1. The van der Waals surface area contributed by atoms with Crippen LogP contribution in [0.5, 0.6) is 0 Å². The van der Waals surface area contributed by atoms with Crippen molar-refractivity contribution in [3.05, 3.63) is 0 Å². The highest BCUT2D eigenvalue weighted by Crippen LogP contribution is 2.05. The molecule has 8 heteroatoms. The van der Waals surface area contributed by atoms with Crippen molar-refractivity contribution in [2.24, 2.45) is 0 Å². The predicted octanol–water partition coefficient (Wildman–Crippen LogP) is -4.47. The van der Waals surface area contributed by atoms with Gasteiger partial charge in [0.05, 0.1) is 13.2 Å². The van der Waals surface area contributed by atoms with E-state index in [2.05, 4.69) is 5.32 Å². The minimum absolute atomic E-state index is 0.110. The van der Waals surface area contributed by atoms with E-state index in [4.69, 9.17) is 15.3 Å². The molecule has 0 heterocycles. The first kappa shape index (κ1) is 15.2. The molecule has 0 aromatic carbocycles. The van der Waals surface area contributed by atoms with Gasteiger partial charge in [-0.2, -0.15) is 0 Å². The van der Waals surface area contributed by atoms with Gasteiger partial charge in [0.1, 0.15) is 18.3 Å². The highest BCUT2D eigenvalue weighted by atomic mass is 16.4. The van der Waals surface area contributed by atoms with Crippen molar-refractivity contribution in [1.82, 2.24) is 5.32 Å². The van der Waals surface area contributed by atoms with Crippen molar-refractivity contribution >= 4 is 5.91 Å². The van der Waals surface area contributed by atoms with E-state index in [0.29, 0.717) is 0 Å². The van der Waals surface area contributed by atoms with Crippen LogP contribution in [0.25, 0.3) is 0 Å². The molecule has 0 saturated heterocycles. The van der Waals surface area contributed by atoms with Gasteiger partial charge < -0.3 is 36.0 Å². The van der Waals surface area contributed by atoms with E-state index in [1.807, 2.05) is 0 Å². The standard InChI is InChI=1S/C8H17NO7/c10-2-1-9-8(16)7(15)6(14)5(13)4(12)3-11/h4-7,10-15H,1-3H2,(H,9,16)/t4-,5-,6+,7-/m1/s1. The molecule has 0 saturated carbocycles. The Bertz CT molecular complexity index is 213. The summed E-state index contributed by atoms with van der Waals surface area (Å²) in [6, 6.07) is 0. The van der Waals surface area contributed by atoms with Crippen LogP contribution >= 0.6 is 0 Å². The van der Waals surface area contributed by atoms with Crippen LogP contribution < -0.4 is 5.32 Å². The van der Waals surface area contributed by atoms with Crippen molar-refractivity contribution in [3.8, 4) is 0 Å². The van der Waals surface area contributed by atoms with Crippen molar-refractivity contribution in [3.63, 3.8) is 0 Å². The number of hydrogen-bond donors (Lipinski definition) is 7. The fraction of sp³-hybridized carbons (Fsp3) is 0.875. The molecule has 0 aromatic heterocycles. The average molecular weight is 239 g/mol. The summed E-state index contributed by atoms with van der Waals surface area (Å²) in [5.41, 5.74) is 0. The fourth-order valence-corrected chi connectivity index (χ4v) is 0.961. The monoisotopic (exact) mass is 239 g/mol. The molecule has 0 rings (SSSR count). The quantitative estimate of drug-likeness (QED) is 0.237. The van der Waals surface area contributed by atoms with Crippen LogP contribution in [0.3, 0.4) is 0 Å². The van der Waals surface area contributed by atoms with E-state index in [1.54, 1.807) is 0 Å². The van der Waals surface area contributed by atoms with Gasteiger partial charge in [-0.1, -0.05) is 0 Å². The molecule has 0 bridgehead atoms. The first-order valence-corrected chi connectivity index (χ1v) is 4.67. The molecule has 0 aliphatic heterocycles. The lowest BCUT2D eigenvalue weighted by atomic mass is 10.0. The van der Waals surface area contributed by atoms with Crippen LogP contribution in [0.4, 0.5) is 0 Å². The molecular weight excluding hydrogens is 222 g/mol. The van der Waals surface area contributed by atoms with Gasteiger partial charge >= 0.3 is 0 Å². The molecule has 8 nitrogen and oxygen atoms in total. The van der Waals surface area contributed by atoms with Gasteiger partial charge in [-0.3, -0.25) is 4.79 Å². The van der Waals surface area contributed by atoms with E-state index >= 15 is 0 Å². The fourth-order valence-electron chi connectivity index (χ4n) is 0.961. The van der Waals surface area contributed by atoms with Crippen LogP contribution in [0.1, 0.15) is 0 Å². The van der Waals surface area contributed by atoms with Crippen molar-refractivity contribution in [2.45, 2.75) is 24.4 Å². The number of amides is 1. The summed E-state index contributed by atoms with van der Waals surface area (Å²) in [5, 5.41) is 55.6. The topological polar surface area (TPSA) is 150 Å². The van der Waals surface area contributed by atoms with E-state index < -0.39 is 36.9 Å². The molecule has 0 aliphatic rings. The first-order chi connectivity index (χ1) is 7.45. The van der Waals surface area contributed by atoms with Crippen LogP contribution in [0, 0.1) is 0 Å². The summed E-state index contributed by atoms with van der Waals surface area (Å²) in [5.74, 6) is -0.995. The second-order valence-corrected chi connectivity index (χ2v) is 3.19. The summed E-state index contributed by atoms with van der Waals surface area (Å²) < 4.78 is 0.